The van der Waals surface area contributed by atoms with Crippen LogP contribution in [0.3, 0.4) is 0 Å². The van der Waals surface area contributed by atoms with Crippen LogP contribution in [0.4, 0.5) is 0 Å². The third kappa shape index (κ3) is 3.32. The lowest BCUT2D eigenvalue weighted by Gasteiger charge is -2.13. The quantitative estimate of drug-likeness (QED) is 0.870. The summed E-state index contributed by atoms with van der Waals surface area (Å²) in [7, 11) is 0. The number of nitrogens with one attached hydrogen (secondary N) is 1. The van der Waals surface area contributed by atoms with Crippen molar-refractivity contribution < 1.29 is 0 Å². The van der Waals surface area contributed by atoms with E-state index in [1.807, 2.05) is 37.5 Å². The van der Waals surface area contributed by atoms with Crippen molar-refractivity contribution in [1.82, 2.24) is 20.3 Å². The fraction of sp³-hybridized carbons (Fsp3) is 0.308. The smallest absolute Gasteiger partial charge is 0.125 e. The van der Waals surface area contributed by atoms with E-state index in [0.29, 0.717) is 0 Å². The van der Waals surface area contributed by atoms with E-state index >= 15 is 0 Å². The number of hydrogen-bond acceptors (Lipinski definition) is 4. The van der Waals surface area contributed by atoms with Crippen LogP contribution in [0.25, 0.3) is 0 Å². The summed E-state index contributed by atoms with van der Waals surface area (Å²) in [6.07, 6.45) is 5.40. The average molecular weight is 228 g/mol. The minimum absolute atomic E-state index is 0.285. The van der Waals surface area contributed by atoms with Crippen molar-refractivity contribution in [1.29, 1.82) is 0 Å². The molecule has 1 unspecified atom stereocenters. The Labute approximate surface area is 101 Å². The molecule has 2 heterocycles. The van der Waals surface area contributed by atoms with E-state index < -0.39 is 0 Å². The zero-order valence-corrected chi connectivity index (χ0v) is 10.1. The maximum absolute atomic E-state index is 4.35. The van der Waals surface area contributed by atoms with Gasteiger partial charge in [-0.3, -0.25) is 4.98 Å². The normalized spacial score (nSPS) is 12.4. The third-order valence-corrected chi connectivity index (χ3v) is 2.63. The van der Waals surface area contributed by atoms with Gasteiger partial charge >= 0.3 is 0 Å². The van der Waals surface area contributed by atoms with Gasteiger partial charge in [-0.15, -0.1) is 0 Å². The minimum atomic E-state index is 0.285. The Morgan fingerprint density at radius 2 is 1.94 bits per heavy atom. The van der Waals surface area contributed by atoms with E-state index in [1.165, 1.54) is 5.56 Å². The molecule has 0 saturated heterocycles. The molecule has 0 bridgehead atoms. The second kappa shape index (κ2) is 5.50. The molecular weight excluding hydrogens is 212 g/mol. The Kier molecular flexibility index (Phi) is 3.77. The predicted octanol–water partition coefficient (Wildman–Crippen LogP) is 2.03. The van der Waals surface area contributed by atoms with E-state index in [-0.39, 0.29) is 6.04 Å². The molecule has 0 spiro atoms. The Morgan fingerprint density at radius 3 is 2.65 bits per heavy atom. The maximum atomic E-state index is 4.35. The first-order chi connectivity index (χ1) is 8.25. The molecule has 2 rings (SSSR count). The zero-order valence-electron chi connectivity index (χ0n) is 10.1. The summed E-state index contributed by atoms with van der Waals surface area (Å²) in [4.78, 5) is 12.4. The largest absolute Gasteiger partial charge is 0.305 e. The van der Waals surface area contributed by atoms with Crippen molar-refractivity contribution in [2.75, 3.05) is 0 Å². The molecule has 0 aliphatic heterocycles. The minimum Gasteiger partial charge on any atom is -0.305 e. The van der Waals surface area contributed by atoms with Crippen molar-refractivity contribution >= 4 is 0 Å². The van der Waals surface area contributed by atoms with Crippen molar-refractivity contribution in [3.8, 4) is 0 Å². The van der Waals surface area contributed by atoms with E-state index in [1.54, 1.807) is 6.20 Å². The molecular formula is C13H16N4. The SMILES string of the molecule is Cc1nccc(CNC(C)c2ccncc2)n1. The summed E-state index contributed by atoms with van der Waals surface area (Å²) in [5.74, 6) is 0.806. The Morgan fingerprint density at radius 1 is 1.18 bits per heavy atom. The van der Waals surface area contributed by atoms with E-state index in [4.69, 9.17) is 0 Å². The third-order valence-electron chi connectivity index (χ3n) is 2.63. The van der Waals surface area contributed by atoms with Gasteiger partial charge < -0.3 is 5.32 Å². The molecule has 2 aromatic rings. The Bertz CT molecular complexity index is 470. The highest BCUT2D eigenvalue weighted by molar-refractivity contribution is 5.14. The van der Waals surface area contributed by atoms with Gasteiger partial charge in [0.15, 0.2) is 0 Å². The highest BCUT2D eigenvalue weighted by Crippen LogP contribution is 2.10. The van der Waals surface area contributed by atoms with Gasteiger partial charge in [0.2, 0.25) is 0 Å². The summed E-state index contributed by atoms with van der Waals surface area (Å²) < 4.78 is 0. The van der Waals surface area contributed by atoms with Crippen molar-refractivity contribution in [2.45, 2.75) is 26.4 Å². The number of hydrogen-bond donors (Lipinski definition) is 1. The van der Waals surface area contributed by atoms with Crippen LogP contribution in [-0.2, 0) is 6.54 Å². The second-order valence-corrected chi connectivity index (χ2v) is 3.98. The van der Waals surface area contributed by atoms with E-state index in [0.717, 1.165) is 18.1 Å². The summed E-state index contributed by atoms with van der Waals surface area (Å²) >= 11 is 0. The van der Waals surface area contributed by atoms with Gasteiger partial charge in [-0.25, -0.2) is 9.97 Å². The molecule has 0 aliphatic carbocycles. The van der Waals surface area contributed by atoms with Crippen LogP contribution in [0.2, 0.25) is 0 Å². The molecule has 4 heteroatoms. The predicted molar refractivity (Wildman–Crippen MR) is 66.3 cm³/mol. The first kappa shape index (κ1) is 11.7. The highest BCUT2D eigenvalue weighted by atomic mass is 14.9. The molecule has 0 radical (unpaired) electrons. The fourth-order valence-electron chi connectivity index (χ4n) is 1.63. The molecule has 0 amide bonds. The molecule has 0 fully saturated rings. The van der Waals surface area contributed by atoms with Gasteiger partial charge in [0.25, 0.3) is 0 Å². The molecule has 88 valence electrons. The number of nitrogens with zero attached hydrogens (tertiary/aromatic N) is 3. The van der Waals surface area contributed by atoms with Crippen LogP contribution in [0, 0.1) is 6.92 Å². The molecule has 4 nitrogen and oxygen atoms in total. The second-order valence-electron chi connectivity index (χ2n) is 3.98. The monoisotopic (exact) mass is 228 g/mol. The van der Waals surface area contributed by atoms with Gasteiger partial charge in [-0.05, 0) is 37.6 Å². The number of pyridine rings is 1. The first-order valence-corrected chi connectivity index (χ1v) is 5.67. The summed E-state index contributed by atoms with van der Waals surface area (Å²) in [6, 6.07) is 6.25. The standard InChI is InChI=1S/C13H16N4/c1-10(12-3-6-14-7-4-12)16-9-13-5-8-15-11(2)17-13/h3-8,10,16H,9H2,1-2H3. The molecule has 17 heavy (non-hydrogen) atoms. The Hall–Kier alpha value is -1.81. The van der Waals surface area contributed by atoms with E-state index in [2.05, 4.69) is 27.2 Å². The van der Waals surface area contributed by atoms with Gasteiger partial charge in [0.05, 0.1) is 5.69 Å². The average Bonchev–Trinajstić information content (AvgIpc) is 2.37. The fourth-order valence-corrected chi connectivity index (χ4v) is 1.63. The molecule has 0 saturated carbocycles. The number of rotatable bonds is 4. The van der Waals surface area contributed by atoms with Crippen LogP contribution in [0.5, 0.6) is 0 Å². The molecule has 2 aromatic heterocycles. The zero-order chi connectivity index (χ0) is 12.1. The van der Waals surface area contributed by atoms with Gasteiger partial charge in [-0.2, -0.15) is 0 Å². The lowest BCUT2D eigenvalue weighted by Crippen LogP contribution is -2.19. The molecule has 1 atom stereocenters. The summed E-state index contributed by atoms with van der Waals surface area (Å²) in [6.45, 7) is 4.77. The van der Waals surface area contributed by atoms with Crippen LogP contribution in [-0.4, -0.2) is 15.0 Å². The number of aryl methyl sites for hydroxylation is 1. The lowest BCUT2D eigenvalue weighted by atomic mass is 10.1. The van der Waals surface area contributed by atoms with Crippen LogP contribution in [0.1, 0.15) is 30.0 Å². The molecule has 0 aromatic carbocycles. The van der Waals surface area contributed by atoms with E-state index in [9.17, 15) is 0 Å². The van der Waals surface area contributed by atoms with Crippen LogP contribution >= 0.6 is 0 Å². The van der Waals surface area contributed by atoms with Crippen molar-refractivity contribution in [3.05, 3.63) is 53.9 Å². The van der Waals surface area contributed by atoms with Gasteiger partial charge in [-0.1, -0.05) is 0 Å². The summed E-state index contributed by atoms with van der Waals surface area (Å²) in [5.41, 5.74) is 2.24. The van der Waals surface area contributed by atoms with Crippen LogP contribution in [0.15, 0.2) is 36.8 Å². The highest BCUT2D eigenvalue weighted by Gasteiger charge is 2.04. The lowest BCUT2D eigenvalue weighted by molar-refractivity contribution is 0.565. The first-order valence-electron chi connectivity index (χ1n) is 5.67. The van der Waals surface area contributed by atoms with Gasteiger partial charge in [0, 0.05) is 31.2 Å². The maximum Gasteiger partial charge on any atom is 0.125 e. The Balaban J connectivity index is 1.95. The topological polar surface area (TPSA) is 50.7 Å². The van der Waals surface area contributed by atoms with Crippen molar-refractivity contribution in [2.24, 2.45) is 0 Å². The molecule has 1 N–H and O–H groups in total. The molecule has 0 aliphatic rings. The van der Waals surface area contributed by atoms with Gasteiger partial charge in [0.1, 0.15) is 5.82 Å². The summed E-state index contributed by atoms with van der Waals surface area (Å²) in [5, 5.41) is 3.42. The van der Waals surface area contributed by atoms with Crippen molar-refractivity contribution in [3.63, 3.8) is 0 Å². The number of aromatic nitrogens is 3. The van der Waals surface area contributed by atoms with Crippen LogP contribution < -0.4 is 5.32 Å².